The fourth-order valence-corrected chi connectivity index (χ4v) is 2.99. The van der Waals surface area contributed by atoms with E-state index in [-0.39, 0.29) is 24.9 Å². The van der Waals surface area contributed by atoms with Gasteiger partial charge in [0.25, 0.3) is 0 Å². The summed E-state index contributed by atoms with van der Waals surface area (Å²) in [5.41, 5.74) is 2.38. The van der Waals surface area contributed by atoms with Crippen molar-refractivity contribution < 1.29 is 19.1 Å². The Kier molecular flexibility index (Phi) is 7.72. The molecule has 0 saturated carbocycles. The minimum atomic E-state index is -0.172. The van der Waals surface area contributed by atoms with Crippen molar-refractivity contribution >= 4 is 11.8 Å². The van der Waals surface area contributed by atoms with Gasteiger partial charge in [-0.15, -0.1) is 0 Å². The third-order valence-corrected chi connectivity index (χ3v) is 4.14. The zero-order valence-corrected chi connectivity index (χ0v) is 15.9. The second-order valence-corrected chi connectivity index (χ2v) is 6.12. The van der Waals surface area contributed by atoms with Crippen LogP contribution in [-0.4, -0.2) is 56.1 Å². The lowest BCUT2D eigenvalue weighted by atomic mass is 9.99. The predicted molar refractivity (Wildman–Crippen MR) is 99.5 cm³/mol. The van der Waals surface area contributed by atoms with Crippen molar-refractivity contribution in [1.82, 2.24) is 15.5 Å². The zero-order chi connectivity index (χ0) is 18.9. The summed E-state index contributed by atoms with van der Waals surface area (Å²) in [7, 11) is 0. The third kappa shape index (κ3) is 5.62. The molecule has 2 amide bonds. The van der Waals surface area contributed by atoms with Gasteiger partial charge in [-0.1, -0.05) is 0 Å². The number of fused-ring (bicyclic) bond motifs is 1. The Morgan fingerprint density at radius 2 is 1.65 bits per heavy atom. The standard InChI is InChI=1S/C19H29N3O4/c1-4-20-18(23)11-21-19(24)13-22-8-7-14-9-16(25-5-2)17(26-6-3)10-15(14)12-22/h9-10H,4-8,11-13H2,1-3H3,(H,20,23)(H,21,24). The molecule has 1 aliphatic heterocycles. The Morgan fingerprint density at radius 3 is 2.27 bits per heavy atom. The lowest BCUT2D eigenvalue weighted by Crippen LogP contribution is -2.43. The molecular formula is C19H29N3O4. The maximum atomic E-state index is 12.1. The van der Waals surface area contributed by atoms with Gasteiger partial charge in [-0.3, -0.25) is 14.5 Å². The Bertz CT molecular complexity index is 633. The zero-order valence-electron chi connectivity index (χ0n) is 15.9. The molecule has 0 aliphatic carbocycles. The summed E-state index contributed by atoms with van der Waals surface area (Å²) in [6.45, 7) is 9.23. The molecule has 7 nitrogen and oxygen atoms in total. The largest absolute Gasteiger partial charge is 0.490 e. The summed E-state index contributed by atoms with van der Waals surface area (Å²) >= 11 is 0. The van der Waals surface area contributed by atoms with Gasteiger partial charge < -0.3 is 20.1 Å². The number of carbonyl (C=O) groups excluding carboxylic acids is 2. The number of rotatable bonds is 9. The van der Waals surface area contributed by atoms with Crippen molar-refractivity contribution in [3.05, 3.63) is 23.3 Å². The highest BCUT2D eigenvalue weighted by atomic mass is 16.5. The second-order valence-electron chi connectivity index (χ2n) is 6.12. The fourth-order valence-electron chi connectivity index (χ4n) is 2.99. The quantitative estimate of drug-likeness (QED) is 0.687. The minimum Gasteiger partial charge on any atom is -0.490 e. The van der Waals surface area contributed by atoms with Crippen LogP contribution in [0.2, 0.25) is 0 Å². The van der Waals surface area contributed by atoms with E-state index in [4.69, 9.17) is 9.47 Å². The number of carbonyl (C=O) groups is 2. The van der Waals surface area contributed by atoms with Crippen molar-refractivity contribution in [1.29, 1.82) is 0 Å². The van der Waals surface area contributed by atoms with Crippen LogP contribution in [-0.2, 0) is 22.6 Å². The highest BCUT2D eigenvalue weighted by Crippen LogP contribution is 2.33. The van der Waals surface area contributed by atoms with Crippen LogP contribution in [0.1, 0.15) is 31.9 Å². The van der Waals surface area contributed by atoms with E-state index in [9.17, 15) is 9.59 Å². The first-order valence-electron chi connectivity index (χ1n) is 9.24. The van der Waals surface area contributed by atoms with Gasteiger partial charge in [-0.2, -0.15) is 0 Å². The van der Waals surface area contributed by atoms with Crippen LogP contribution < -0.4 is 20.1 Å². The average Bonchev–Trinajstić information content (AvgIpc) is 2.61. The van der Waals surface area contributed by atoms with Crippen molar-refractivity contribution in [2.45, 2.75) is 33.7 Å². The molecule has 0 aromatic heterocycles. The lowest BCUT2D eigenvalue weighted by molar-refractivity contribution is -0.126. The normalized spacial score (nSPS) is 13.7. The van der Waals surface area contributed by atoms with Crippen LogP contribution in [0.5, 0.6) is 11.5 Å². The summed E-state index contributed by atoms with van der Waals surface area (Å²) in [6, 6.07) is 4.07. The molecular weight excluding hydrogens is 334 g/mol. The van der Waals surface area contributed by atoms with Gasteiger partial charge in [0.1, 0.15) is 0 Å². The summed E-state index contributed by atoms with van der Waals surface area (Å²) in [5, 5.41) is 5.32. The molecule has 0 atom stereocenters. The molecule has 0 bridgehead atoms. The predicted octanol–water partition coefficient (Wildman–Crippen LogP) is 1.09. The fraction of sp³-hybridized carbons (Fsp3) is 0.579. The van der Waals surface area contributed by atoms with E-state index in [1.165, 1.54) is 5.56 Å². The van der Waals surface area contributed by atoms with Gasteiger partial charge in [0.15, 0.2) is 11.5 Å². The molecule has 1 aromatic rings. The van der Waals surface area contributed by atoms with Crippen LogP contribution in [0.3, 0.4) is 0 Å². The molecule has 2 rings (SSSR count). The molecule has 0 saturated heterocycles. The number of likely N-dealkylation sites (N-methyl/N-ethyl adjacent to an activating group) is 1. The number of amides is 2. The van der Waals surface area contributed by atoms with Gasteiger partial charge >= 0.3 is 0 Å². The maximum Gasteiger partial charge on any atom is 0.239 e. The molecule has 7 heteroatoms. The first kappa shape index (κ1) is 20.0. The topological polar surface area (TPSA) is 79.9 Å². The number of nitrogens with one attached hydrogen (secondary N) is 2. The second kappa shape index (κ2) is 10.0. The molecule has 0 radical (unpaired) electrons. The Labute approximate surface area is 155 Å². The van der Waals surface area contributed by atoms with Gasteiger partial charge in [0.2, 0.25) is 11.8 Å². The van der Waals surface area contributed by atoms with Crippen LogP contribution >= 0.6 is 0 Å². The van der Waals surface area contributed by atoms with Gasteiger partial charge in [-0.05, 0) is 50.5 Å². The van der Waals surface area contributed by atoms with Gasteiger partial charge in [-0.25, -0.2) is 0 Å². The molecule has 0 fully saturated rings. The Hall–Kier alpha value is -2.28. The summed E-state index contributed by atoms with van der Waals surface area (Å²) in [4.78, 5) is 25.6. The van der Waals surface area contributed by atoms with Crippen LogP contribution in [0.4, 0.5) is 0 Å². The van der Waals surface area contributed by atoms with E-state index in [0.717, 1.165) is 30.0 Å². The van der Waals surface area contributed by atoms with Crippen molar-refractivity contribution in [3.8, 4) is 11.5 Å². The monoisotopic (exact) mass is 363 g/mol. The van der Waals surface area contributed by atoms with Crippen LogP contribution in [0.15, 0.2) is 12.1 Å². The van der Waals surface area contributed by atoms with Crippen LogP contribution in [0.25, 0.3) is 0 Å². The molecule has 1 heterocycles. The smallest absolute Gasteiger partial charge is 0.239 e. The van der Waals surface area contributed by atoms with E-state index >= 15 is 0 Å². The van der Waals surface area contributed by atoms with E-state index in [0.29, 0.717) is 26.3 Å². The molecule has 0 unspecified atom stereocenters. The Balaban J connectivity index is 1.96. The molecule has 1 aromatic carbocycles. The number of hydrogen-bond donors (Lipinski definition) is 2. The molecule has 26 heavy (non-hydrogen) atoms. The molecule has 0 spiro atoms. The third-order valence-electron chi connectivity index (χ3n) is 4.14. The van der Waals surface area contributed by atoms with Crippen molar-refractivity contribution in [2.24, 2.45) is 0 Å². The summed E-state index contributed by atoms with van der Waals surface area (Å²) in [6.07, 6.45) is 0.853. The molecule has 2 N–H and O–H groups in total. The minimum absolute atomic E-state index is 0.0172. The summed E-state index contributed by atoms with van der Waals surface area (Å²) in [5.74, 6) is 1.21. The first-order chi connectivity index (χ1) is 12.6. The molecule has 1 aliphatic rings. The molecule has 144 valence electrons. The van der Waals surface area contributed by atoms with E-state index in [1.807, 2.05) is 26.8 Å². The average molecular weight is 363 g/mol. The lowest BCUT2D eigenvalue weighted by Gasteiger charge is -2.29. The highest BCUT2D eigenvalue weighted by Gasteiger charge is 2.21. The summed E-state index contributed by atoms with van der Waals surface area (Å²) < 4.78 is 11.4. The van der Waals surface area contributed by atoms with E-state index in [1.54, 1.807) is 0 Å². The Morgan fingerprint density at radius 1 is 1.00 bits per heavy atom. The number of ether oxygens (including phenoxy) is 2. The van der Waals surface area contributed by atoms with Gasteiger partial charge in [0, 0.05) is 19.6 Å². The van der Waals surface area contributed by atoms with Crippen molar-refractivity contribution in [2.75, 3.05) is 39.4 Å². The van der Waals surface area contributed by atoms with Crippen molar-refractivity contribution in [3.63, 3.8) is 0 Å². The number of hydrogen-bond acceptors (Lipinski definition) is 5. The maximum absolute atomic E-state index is 12.1. The van der Waals surface area contributed by atoms with Crippen LogP contribution in [0, 0.1) is 0 Å². The van der Waals surface area contributed by atoms with E-state index in [2.05, 4.69) is 21.6 Å². The number of benzene rings is 1. The highest BCUT2D eigenvalue weighted by molar-refractivity contribution is 5.85. The van der Waals surface area contributed by atoms with E-state index < -0.39 is 0 Å². The number of nitrogens with zero attached hydrogens (tertiary/aromatic N) is 1. The van der Waals surface area contributed by atoms with Gasteiger partial charge in [0.05, 0.1) is 26.3 Å². The first-order valence-corrected chi connectivity index (χ1v) is 9.24. The SMILES string of the molecule is CCNC(=O)CNC(=O)CN1CCc2cc(OCC)c(OCC)cc2C1.